The van der Waals surface area contributed by atoms with Crippen molar-refractivity contribution >= 4 is 5.82 Å². The minimum atomic E-state index is 0.791. The van der Waals surface area contributed by atoms with Crippen molar-refractivity contribution in [1.82, 2.24) is 9.88 Å². The van der Waals surface area contributed by atoms with E-state index >= 15 is 0 Å². The third-order valence-corrected chi connectivity index (χ3v) is 3.46. The summed E-state index contributed by atoms with van der Waals surface area (Å²) in [5.74, 6) is 1.12. The van der Waals surface area contributed by atoms with Crippen molar-refractivity contribution in [2.45, 2.75) is 19.8 Å². The standard InChI is InChI=1S/C14H24N4/c1-13-5-2-6-14(16-13)18-10-4-9-17(11-12-18)8-3-7-15/h2,5-6H,3-4,7-12,15H2,1H3. The van der Waals surface area contributed by atoms with Gasteiger partial charge in [0.05, 0.1) is 0 Å². The smallest absolute Gasteiger partial charge is 0.128 e. The zero-order chi connectivity index (χ0) is 12.8. The van der Waals surface area contributed by atoms with Gasteiger partial charge in [0.2, 0.25) is 0 Å². The zero-order valence-corrected chi connectivity index (χ0v) is 11.3. The molecule has 0 atom stereocenters. The molecule has 0 aromatic carbocycles. The highest BCUT2D eigenvalue weighted by molar-refractivity contribution is 5.39. The molecule has 0 saturated carbocycles. The minimum Gasteiger partial charge on any atom is -0.355 e. The van der Waals surface area contributed by atoms with Gasteiger partial charge in [-0.3, -0.25) is 0 Å². The lowest BCUT2D eigenvalue weighted by Crippen LogP contribution is -2.32. The van der Waals surface area contributed by atoms with E-state index in [2.05, 4.69) is 39.9 Å². The first-order valence-electron chi connectivity index (χ1n) is 6.90. The third kappa shape index (κ3) is 3.68. The van der Waals surface area contributed by atoms with E-state index in [1.54, 1.807) is 0 Å². The topological polar surface area (TPSA) is 45.4 Å². The molecule has 100 valence electrons. The Kier molecular flexibility index (Phi) is 4.96. The Morgan fingerprint density at radius 3 is 2.89 bits per heavy atom. The van der Waals surface area contributed by atoms with Crippen LogP contribution in [0.4, 0.5) is 5.82 Å². The van der Waals surface area contributed by atoms with Gasteiger partial charge in [0.1, 0.15) is 5.82 Å². The van der Waals surface area contributed by atoms with Crippen LogP contribution in [0.15, 0.2) is 18.2 Å². The van der Waals surface area contributed by atoms with E-state index in [1.807, 2.05) is 0 Å². The van der Waals surface area contributed by atoms with E-state index in [0.717, 1.165) is 50.7 Å². The third-order valence-electron chi connectivity index (χ3n) is 3.46. The van der Waals surface area contributed by atoms with Gasteiger partial charge >= 0.3 is 0 Å². The summed E-state index contributed by atoms with van der Waals surface area (Å²) in [6.07, 6.45) is 2.31. The summed E-state index contributed by atoms with van der Waals surface area (Å²) in [5, 5.41) is 0. The SMILES string of the molecule is Cc1cccc(N2CCCN(CCCN)CC2)n1. The number of nitrogens with zero attached hydrogens (tertiary/aromatic N) is 3. The Balaban J connectivity index is 1.92. The van der Waals surface area contributed by atoms with Crippen LogP contribution in [-0.4, -0.2) is 49.2 Å². The second-order valence-electron chi connectivity index (χ2n) is 4.96. The van der Waals surface area contributed by atoms with Crippen LogP contribution in [0.2, 0.25) is 0 Å². The van der Waals surface area contributed by atoms with Gasteiger partial charge in [-0.05, 0) is 51.5 Å². The van der Waals surface area contributed by atoms with Crippen LogP contribution < -0.4 is 10.6 Å². The molecule has 4 heteroatoms. The summed E-state index contributed by atoms with van der Waals surface area (Å²) in [7, 11) is 0. The molecule has 1 aliphatic heterocycles. The molecule has 1 aromatic rings. The van der Waals surface area contributed by atoms with Crippen LogP contribution in [0, 0.1) is 6.92 Å². The van der Waals surface area contributed by atoms with Crippen LogP contribution in [0.25, 0.3) is 0 Å². The highest BCUT2D eigenvalue weighted by Gasteiger charge is 2.15. The lowest BCUT2D eigenvalue weighted by molar-refractivity contribution is 0.291. The summed E-state index contributed by atoms with van der Waals surface area (Å²) in [6.45, 7) is 8.45. The maximum absolute atomic E-state index is 5.57. The lowest BCUT2D eigenvalue weighted by Gasteiger charge is -2.22. The fourth-order valence-electron chi connectivity index (χ4n) is 2.44. The first-order valence-corrected chi connectivity index (χ1v) is 6.90. The molecular formula is C14H24N4. The fourth-order valence-corrected chi connectivity index (χ4v) is 2.44. The van der Waals surface area contributed by atoms with Crippen molar-refractivity contribution < 1.29 is 0 Å². The summed E-state index contributed by atoms with van der Waals surface area (Å²) in [6, 6.07) is 6.26. The molecule has 2 N–H and O–H groups in total. The van der Waals surface area contributed by atoms with E-state index in [1.165, 1.54) is 13.0 Å². The van der Waals surface area contributed by atoms with Crippen molar-refractivity contribution in [2.75, 3.05) is 44.2 Å². The molecule has 0 amide bonds. The number of pyridine rings is 1. The average Bonchev–Trinajstić information content (AvgIpc) is 2.62. The van der Waals surface area contributed by atoms with Crippen LogP contribution in [0.5, 0.6) is 0 Å². The Hall–Kier alpha value is -1.13. The first kappa shape index (κ1) is 13.3. The van der Waals surface area contributed by atoms with Crippen molar-refractivity contribution in [3.8, 4) is 0 Å². The number of hydrogen-bond acceptors (Lipinski definition) is 4. The maximum Gasteiger partial charge on any atom is 0.128 e. The molecule has 1 saturated heterocycles. The second-order valence-corrected chi connectivity index (χ2v) is 4.96. The number of aryl methyl sites for hydroxylation is 1. The molecule has 1 fully saturated rings. The van der Waals surface area contributed by atoms with Gasteiger partial charge in [-0.15, -0.1) is 0 Å². The molecule has 0 radical (unpaired) electrons. The molecule has 0 bridgehead atoms. The van der Waals surface area contributed by atoms with Crippen LogP contribution in [-0.2, 0) is 0 Å². The van der Waals surface area contributed by atoms with E-state index in [9.17, 15) is 0 Å². The summed E-state index contributed by atoms with van der Waals surface area (Å²) >= 11 is 0. The molecule has 0 spiro atoms. The largest absolute Gasteiger partial charge is 0.355 e. The predicted molar refractivity (Wildman–Crippen MR) is 75.9 cm³/mol. The first-order chi connectivity index (χ1) is 8.79. The van der Waals surface area contributed by atoms with Crippen molar-refractivity contribution in [3.63, 3.8) is 0 Å². The highest BCUT2D eigenvalue weighted by Crippen LogP contribution is 2.14. The monoisotopic (exact) mass is 248 g/mol. The Morgan fingerprint density at radius 2 is 2.11 bits per heavy atom. The zero-order valence-electron chi connectivity index (χ0n) is 11.3. The van der Waals surface area contributed by atoms with Gasteiger partial charge in [-0.25, -0.2) is 4.98 Å². The minimum absolute atomic E-state index is 0.791. The van der Waals surface area contributed by atoms with Gasteiger partial charge in [-0.1, -0.05) is 6.07 Å². The summed E-state index contributed by atoms with van der Waals surface area (Å²) < 4.78 is 0. The fraction of sp³-hybridized carbons (Fsp3) is 0.643. The number of anilines is 1. The van der Waals surface area contributed by atoms with Crippen molar-refractivity contribution in [1.29, 1.82) is 0 Å². The van der Waals surface area contributed by atoms with Gasteiger partial charge in [0, 0.05) is 25.3 Å². The maximum atomic E-state index is 5.57. The molecule has 0 aliphatic carbocycles. The van der Waals surface area contributed by atoms with Gasteiger partial charge in [0.25, 0.3) is 0 Å². The number of rotatable bonds is 4. The van der Waals surface area contributed by atoms with E-state index in [-0.39, 0.29) is 0 Å². The van der Waals surface area contributed by atoms with Gasteiger partial charge in [-0.2, -0.15) is 0 Å². The molecule has 1 aliphatic rings. The Labute approximate surface area is 110 Å². The van der Waals surface area contributed by atoms with Crippen LogP contribution in [0.1, 0.15) is 18.5 Å². The Morgan fingerprint density at radius 1 is 1.22 bits per heavy atom. The molecule has 2 heterocycles. The van der Waals surface area contributed by atoms with Crippen LogP contribution in [0.3, 0.4) is 0 Å². The number of hydrogen-bond donors (Lipinski definition) is 1. The summed E-state index contributed by atoms with van der Waals surface area (Å²) in [5.41, 5.74) is 6.67. The van der Waals surface area contributed by atoms with Gasteiger partial charge in [0.15, 0.2) is 0 Å². The van der Waals surface area contributed by atoms with Gasteiger partial charge < -0.3 is 15.5 Å². The molecule has 18 heavy (non-hydrogen) atoms. The highest BCUT2D eigenvalue weighted by atomic mass is 15.2. The summed E-state index contributed by atoms with van der Waals surface area (Å²) in [4.78, 5) is 9.53. The normalized spacial score (nSPS) is 17.8. The second kappa shape index (κ2) is 6.71. The lowest BCUT2D eigenvalue weighted by atomic mass is 10.3. The quantitative estimate of drug-likeness (QED) is 0.871. The van der Waals surface area contributed by atoms with E-state index in [0.29, 0.717) is 0 Å². The molecule has 1 aromatic heterocycles. The number of nitrogens with two attached hydrogens (primary N) is 1. The molecule has 2 rings (SSSR count). The van der Waals surface area contributed by atoms with Crippen molar-refractivity contribution in [3.05, 3.63) is 23.9 Å². The van der Waals surface area contributed by atoms with Crippen molar-refractivity contribution in [2.24, 2.45) is 5.73 Å². The molecular weight excluding hydrogens is 224 g/mol. The van der Waals surface area contributed by atoms with E-state index < -0.39 is 0 Å². The predicted octanol–water partition coefficient (Wildman–Crippen LogP) is 1.25. The average molecular weight is 248 g/mol. The Bertz CT molecular complexity index is 367. The van der Waals surface area contributed by atoms with Crippen LogP contribution >= 0.6 is 0 Å². The van der Waals surface area contributed by atoms with E-state index in [4.69, 9.17) is 5.73 Å². The number of aromatic nitrogens is 1. The molecule has 0 unspecified atom stereocenters. The molecule has 4 nitrogen and oxygen atoms in total.